The van der Waals surface area contributed by atoms with E-state index in [2.05, 4.69) is 31.4 Å². The standard InChI is InChI=1S/C28H31ClN2O3S/c1-5-34-21-13-11-20(12-14-21)30-26(33)24-22-15-8-18(28(2,3)4)16-23(22)35-27(24)31-25(32)17-6-9-19(29)10-7-17/h6-7,9-14,18H,5,8,15-16H2,1-4H3,(H,30,33)(H,31,32). The van der Waals surface area contributed by atoms with E-state index in [4.69, 9.17) is 16.3 Å². The molecule has 0 spiro atoms. The number of hydrogen-bond donors (Lipinski definition) is 2. The molecule has 5 nitrogen and oxygen atoms in total. The largest absolute Gasteiger partial charge is 0.494 e. The van der Waals surface area contributed by atoms with Gasteiger partial charge in [0.25, 0.3) is 11.8 Å². The van der Waals surface area contributed by atoms with Crippen molar-refractivity contribution in [2.24, 2.45) is 11.3 Å². The minimum absolute atomic E-state index is 0.180. The Morgan fingerprint density at radius 2 is 1.71 bits per heavy atom. The average molecular weight is 511 g/mol. The number of benzene rings is 2. The molecule has 1 heterocycles. The van der Waals surface area contributed by atoms with E-state index in [0.717, 1.165) is 30.6 Å². The lowest BCUT2D eigenvalue weighted by Crippen LogP contribution is -2.27. The van der Waals surface area contributed by atoms with Crippen molar-refractivity contribution in [2.75, 3.05) is 17.2 Å². The van der Waals surface area contributed by atoms with Gasteiger partial charge in [0.1, 0.15) is 10.8 Å². The van der Waals surface area contributed by atoms with Gasteiger partial charge >= 0.3 is 0 Å². The van der Waals surface area contributed by atoms with Gasteiger partial charge in [0, 0.05) is 21.2 Å². The van der Waals surface area contributed by atoms with E-state index in [9.17, 15) is 9.59 Å². The first-order valence-electron chi connectivity index (χ1n) is 11.9. The number of nitrogens with one attached hydrogen (secondary N) is 2. The smallest absolute Gasteiger partial charge is 0.258 e. The van der Waals surface area contributed by atoms with Crippen LogP contribution in [0, 0.1) is 11.3 Å². The fraction of sp³-hybridized carbons (Fsp3) is 0.357. The summed E-state index contributed by atoms with van der Waals surface area (Å²) in [5, 5.41) is 7.17. The second kappa shape index (κ2) is 10.4. The molecule has 2 aromatic carbocycles. The van der Waals surface area contributed by atoms with E-state index in [1.807, 2.05) is 31.2 Å². The number of amides is 2. The molecule has 1 unspecified atom stereocenters. The van der Waals surface area contributed by atoms with Crippen molar-refractivity contribution in [3.63, 3.8) is 0 Å². The van der Waals surface area contributed by atoms with Crippen LogP contribution in [-0.4, -0.2) is 18.4 Å². The molecule has 1 aromatic heterocycles. The first-order chi connectivity index (χ1) is 16.7. The maximum atomic E-state index is 13.5. The van der Waals surface area contributed by atoms with Crippen LogP contribution in [0.15, 0.2) is 48.5 Å². The molecule has 4 rings (SSSR count). The lowest BCUT2D eigenvalue weighted by atomic mass is 9.72. The minimum atomic E-state index is -0.261. The molecule has 1 aliphatic rings. The van der Waals surface area contributed by atoms with Gasteiger partial charge in [0.15, 0.2) is 0 Å². The zero-order valence-electron chi connectivity index (χ0n) is 20.5. The Kier molecular flexibility index (Phi) is 7.53. The number of hydrogen-bond acceptors (Lipinski definition) is 4. The van der Waals surface area contributed by atoms with Gasteiger partial charge in [0.2, 0.25) is 0 Å². The fourth-order valence-electron chi connectivity index (χ4n) is 4.42. The van der Waals surface area contributed by atoms with Crippen molar-refractivity contribution in [1.82, 2.24) is 0 Å². The average Bonchev–Trinajstić information content (AvgIpc) is 3.17. The first-order valence-corrected chi connectivity index (χ1v) is 13.1. The predicted octanol–water partition coefficient (Wildman–Crippen LogP) is 7.46. The first kappa shape index (κ1) is 25.3. The van der Waals surface area contributed by atoms with Crippen LogP contribution in [0.25, 0.3) is 0 Å². The number of carbonyl (C=O) groups excluding carboxylic acids is 2. The topological polar surface area (TPSA) is 67.4 Å². The van der Waals surface area contributed by atoms with Crippen LogP contribution in [-0.2, 0) is 12.8 Å². The van der Waals surface area contributed by atoms with Gasteiger partial charge in [0.05, 0.1) is 12.2 Å². The lowest BCUT2D eigenvalue weighted by Gasteiger charge is -2.33. The summed E-state index contributed by atoms with van der Waals surface area (Å²) in [6.45, 7) is 9.30. The molecule has 2 amide bonds. The normalized spacial score (nSPS) is 15.3. The van der Waals surface area contributed by atoms with Crippen LogP contribution >= 0.6 is 22.9 Å². The molecule has 0 bridgehead atoms. The van der Waals surface area contributed by atoms with E-state index >= 15 is 0 Å². The van der Waals surface area contributed by atoms with Crippen molar-refractivity contribution in [2.45, 2.75) is 47.0 Å². The molecule has 7 heteroatoms. The number of rotatable bonds is 6. The van der Waals surface area contributed by atoms with E-state index in [1.165, 1.54) is 16.2 Å². The second-order valence-electron chi connectivity index (χ2n) is 9.89. The molecular formula is C28H31ClN2O3S. The molecule has 1 atom stereocenters. The monoisotopic (exact) mass is 510 g/mol. The van der Waals surface area contributed by atoms with Gasteiger partial charge in [-0.05, 0) is 91.6 Å². The Balaban J connectivity index is 1.64. The molecule has 0 radical (unpaired) electrons. The summed E-state index contributed by atoms with van der Waals surface area (Å²) < 4.78 is 5.50. The molecule has 2 N–H and O–H groups in total. The summed E-state index contributed by atoms with van der Waals surface area (Å²) >= 11 is 7.49. The fourth-order valence-corrected chi connectivity index (χ4v) is 5.87. The van der Waals surface area contributed by atoms with E-state index in [1.54, 1.807) is 24.3 Å². The van der Waals surface area contributed by atoms with Crippen LogP contribution in [0.2, 0.25) is 5.02 Å². The Labute approximate surface area is 215 Å². The number of fused-ring (bicyclic) bond motifs is 1. The highest BCUT2D eigenvalue weighted by Gasteiger charge is 2.34. The van der Waals surface area contributed by atoms with Gasteiger partial charge < -0.3 is 15.4 Å². The number of thiophene rings is 1. The number of anilines is 2. The Hall–Kier alpha value is -2.83. The zero-order chi connectivity index (χ0) is 25.2. The third kappa shape index (κ3) is 5.88. The highest BCUT2D eigenvalue weighted by Crippen LogP contribution is 2.44. The quantitative estimate of drug-likeness (QED) is 0.361. The summed E-state index contributed by atoms with van der Waals surface area (Å²) in [4.78, 5) is 27.7. The Morgan fingerprint density at radius 3 is 2.34 bits per heavy atom. The molecule has 0 saturated carbocycles. The summed E-state index contributed by atoms with van der Waals surface area (Å²) in [6.07, 6.45) is 2.74. The maximum Gasteiger partial charge on any atom is 0.258 e. The molecule has 0 fully saturated rings. The second-order valence-corrected chi connectivity index (χ2v) is 11.4. The summed E-state index contributed by atoms with van der Waals surface area (Å²) in [7, 11) is 0. The van der Waals surface area contributed by atoms with E-state index in [-0.39, 0.29) is 17.2 Å². The molecule has 35 heavy (non-hydrogen) atoms. The SMILES string of the molecule is CCOc1ccc(NC(=O)c2c(NC(=O)c3ccc(Cl)cc3)sc3c2CCC(C(C)(C)C)C3)cc1. The van der Waals surface area contributed by atoms with E-state index < -0.39 is 0 Å². The number of carbonyl (C=O) groups is 2. The van der Waals surface area contributed by atoms with Gasteiger partial charge in [-0.15, -0.1) is 11.3 Å². The van der Waals surface area contributed by atoms with Crippen molar-refractivity contribution in [1.29, 1.82) is 0 Å². The Morgan fingerprint density at radius 1 is 1.03 bits per heavy atom. The van der Waals surface area contributed by atoms with Gasteiger partial charge in [-0.25, -0.2) is 0 Å². The van der Waals surface area contributed by atoms with Gasteiger partial charge in [-0.2, -0.15) is 0 Å². The predicted molar refractivity (Wildman–Crippen MR) is 144 cm³/mol. The van der Waals surface area contributed by atoms with Crippen molar-refractivity contribution in [3.05, 3.63) is 75.1 Å². The molecule has 0 aliphatic heterocycles. The van der Waals surface area contributed by atoms with Crippen LogP contribution < -0.4 is 15.4 Å². The molecular weight excluding hydrogens is 480 g/mol. The van der Waals surface area contributed by atoms with Crippen molar-refractivity contribution in [3.8, 4) is 5.75 Å². The molecule has 1 aliphatic carbocycles. The number of halogens is 1. The molecule has 184 valence electrons. The van der Waals surface area contributed by atoms with E-state index in [0.29, 0.717) is 39.4 Å². The van der Waals surface area contributed by atoms with Crippen LogP contribution in [0.4, 0.5) is 10.7 Å². The minimum Gasteiger partial charge on any atom is -0.494 e. The van der Waals surface area contributed by atoms with Crippen LogP contribution in [0.3, 0.4) is 0 Å². The molecule has 0 saturated heterocycles. The third-order valence-corrected chi connectivity index (χ3v) is 7.90. The lowest BCUT2D eigenvalue weighted by molar-refractivity contribution is 0.102. The van der Waals surface area contributed by atoms with Gasteiger partial charge in [-0.1, -0.05) is 32.4 Å². The van der Waals surface area contributed by atoms with Crippen molar-refractivity contribution < 1.29 is 14.3 Å². The number of ether oxygens (including phenoxy) is 1. The van der Waals surface area contributed by atoms with Crippen LogP contribution in [0.1, 0.15) is 65.3 Å². The summed E-state index contributed by atoms with van der Waals surface area (Å²) in [6, 6.07) is 14.0. The third-order valence-electron chi connectivity index (χ3n) is 6.47. The van der Waals surface area contributed by atoms with Gasteiger partial charge in [-0.3, -0.25) is 9.59 Å². The Bertz CT molecular complexity index is 1210. The highest BCUT2D eigenvalue weighted by atomic mass is 35.5. The molecule has 3 aromatic rings. The van der Waals surface area contributed by atoms with Crippen molar-refractivity contribution >= 4 is 45.4 Å². The zero-order valence-corrected chi connectivity index (χ0v) is 22.1. The summed E-state index contributed by atoms with van der Waals surface area (Å²) in [5.41, 5.74) is 2.96. The highest BCUT2D eigenvalue weighted by molar-refractivity contribution is 7.17. The maximum absolute atomic E-state index is 13.5. The van der Waals surface area contributed by atoms with Crippen LogP contribution in [0.5, 0.6) is 5.75 Å². The summed E-state index contributed by atoms with van der Waals surface area (Å²) in [5.74, 6) is 0.799.